The topological polar surface area (TPSA) is 63.0 Å². The molecule has 0 radical (unpaired) electrons. The smallest absolute Gasteiger partial charge is 0.154 e. The van der Waals surface area contributed by atoms with Crippen LogP contribution < -0.4 is 10.6 Å². The standard InChI is InChI=1S/C12H16N4O/c1-9-3-5-11(17-9)10-4-6-12(16-15-10)14-8-7-13-2/h3-6,13H,7-8H2,1-2H3,(H,14,16). The van der Waals surface area contributed by atoms with Crippen LogP contribution in [0.2, 0.25) is 0 Å². The van der Waals surface area contributed by atoms with Gasteiger partial charge in [0.05, 0.1) is 0 Å². The molecule has 2 aromatic rings. The van der Waals surface area contributed by atoms with Gasteiger partial charge in [0.25, 0.3) is 0 Å². The van der Waals surface area contributed by atoms with Gasteiger partial charge < -0.3 is 15.1 Å². The Morgan fingerprint density at radius 1 is 1.12 bits per heavy atom. The van der Waals surface area contributed by atoms with Crippen LogP contribution in [0.4, 0.5) is 5.82 Å². The predicted octanol–water partition coefficient (Wildman–Crippen LogP) is 1.68. The molecule has 17 heavy (non-hydrogen) atoms. The normalized spacial score (nSPS) is 10.5. The molecule has 0 aliphatic carbocycles. The van der Waals surface area contributed by atoms with Crippen molar-refractivity contribution in [3.8, 4) is 11.5 Å². The average molecular weight is 232 g/mol. The maximum absolute atomic E-state index is 5.48. The summed E-state index contributed by atoms with van der Waals surface area (Å²) in [6.45, 7) is 3.62. The van der Waals surface area contributed by atoms with E-state index in [1.807, 2.05) is 38.2 Å². The second kappa shape index (κ2) is 5.45. The summed E-state index contributed by atoms with van der Waals surface area (Å²) in [5, 5.41) is 14.4. The highest BCUT2D eigenvalue weighted by molar-refractivity contribution is 5.53. The zero-order valence-electron chi connectivity index (χ0n) is 10.0. The lowest BCUT2D eigenvalue weighted by atomic mass is 10.3. The number of rotatable bonds is 5. The summed E-state index contributed by atoms with van der Waals surface area (Å²) in [5.41, 5.74) is 0.747. The van der Waals surface area contributed by atoms with E-state index in [2.05, 4.69) is 20.8 Å². The first kappa shape index (κ1) is 11.6. The van der Waals surface area contributed by atoms with Crippen molar-refractivity contribution >= 4 is 5.82 Å². The fourth-order valence-electron chi connectivity index (χ4n) is 1.45. The van der Waals surface area contributed by atoms with E-state index in [4.69, 9.17) is 4.42 Å². The van der Waals surface area contributed by atoms with E-state index in [-0.39, 0.29) is 0 Å². The van der Waals surface area contributed by atoms with E-state index >= 15 is 0 Å². The summed E-state index contributed by atoms with van der Waals surface area (Å²) in [5.74, 6) is 2.39. The molecular formula is C12H16N4O. The highest BCUT2D eigenvalue weighted by Gasteiger charge is 2.04. The molecule has 0 atom stereocenters. The van der Waals surface area contributed by atoms with Crippen LogP contribution in [-0.2, 0) is 0 Å². The Kier molecular flexibility index (Phi) is 3.72. The van der Waals surface area contributed by atoms with Gasteiger partial charge in [-0.05, 0) is 38.2 Å². The van der Waals surface area contributed by atoms with Crippen LogP contribution in [0.3, 0.4) is 0 Å². The maximum Gasteiger partial charge on any atom is 0.154 e. The monoisotopic (exact) mass is 232 g/mol. The van der Waals surface area contributed by atoms with Crippen molar-refractivity contribution in [2.24, 2.45) is 0 Å². The molecule has 5 heteroatoms. The molecule has 0 unspecified atom stereocenters. The van der Waals surface area contributed by atoms with E-state index < -0.39 is 0 Å². The Balaban J connectivity index is 2.02. The molecule has 0 amide bonds. The summed E-state index contributed by atoms with van der Waals surface area (Å²) in [6, 6.07) is 7.60. The van der Waals surface area contributed by atoms with Crippen LogP contribution in [-0.4, -0.2) is 30.3 Å². The Morgan fingerprint density at radius 2 is 2.00 bits per heavy atom. The first-order chi connectivity index (χ1) is 8.29. The van der Waals surface area contributed by atoms with Crippen molar-refractivity contribution in [2.45, 2.75) is 6.92 Å². The van der Waals surface area contributed by atoms with Crippen LogP contribution in [0.5, 0.6) is 0 Å². The Labute approximate surface area is 100 Å². The summed E-state index contributed by atoms with van der Waals surface area (Å²) in [6.07, 6.45) is 0. The second-order valence-corrected chi connectivity index (χ2v) is 3.74. The van der Waals surface area contributed by atoms with Gasteiger partial charge in [-0.25, -0.2) is 0 Å². The molecule has 2 N–H and O–H groups in total. The largest absolute Gasteiger partial charge is 0.460 e. The first-order valence-corrected chi connectivity index (χ1v) is 5.58. The average Bonchev–Trinajstić information content (AvgIpc) is 2.77. The molecule has 0 aliphatic rings. The minimum atomic E-state index is 0.747. The number of aromatic nitrogens is 2. The van der Waals surface area contributed by atoms with Crippen LogP contribution >= 0.6 is 0 Å². The van der Waals surface area contributed by atoms with Gasteiger partial charge in [-0.3, -0.25) is 0 Å². The molecule has 2 aromatic heterocycles. The van der Waals surface area contributed by atoms with E-state index in [1.54, 1.807) is 0 Å². The fourth-order valence-corrected chi connectivity index (χ4v) is 1.45. The van der Waals surface area contributed by atoms with E-state index in [1.165, 1.54) is 0 Å². The quantitative estimate of drug-likeness (QED) is 0.768. The highest BCUT2D eigenvalue weighted by atomic mass is 16.3. The molecular weight excluding hydrogens is 216 g/mol. The van der Waals surface area contributed by atoms with Crippen molar-refractivity contribution in [1.82, 2.24) is 15.5 Å². The van der Waals surface area contributed by atoms with Crippen molar-refractivity contribution in [3.63, 3.8) is 0 Å². The van der Waals surface area contributed by atoms with Gasteiger partial charge in [0.2, 0.25) is 0 Å². The molecule has 0 bridgehead atoms. The minimum Gasteiger partial charge on any atom is -0.460 e. The lowest BCUT2D eigenvalue weighted by Gasteiger charge is -2.04. The van der Waals surface area contributed by atoms with Crippen LogP contribution in [0, 0.1) is 6.92 Å². The van der Waals surface area contributed by atoms with Crippen molar-refractivity contribution in [2.75, 3.05) is 25.5 Å². The molecule has 0 fully saturated rings. The molecule has 0 aliphatic heterocycles. The zero-order chi connectivity index (χ0) is 12.1. The SMILES string of the molecule is CNCCNc1ccc(-c2ccc(C)o2)nn1. The summed E-state index contributed by atoms with van der Waals surface area (Å²) in [7, 11) is 1.91. The predicted molar refractivity (Wildman–Crippen MR) is 66.9 cm³/mol. The minimum absolute atomic E-state index is 0.747. The molecule has 0 spiro atoms. The Morgan fingerprint density at radius 3 is 2.59 bits per heavy atom. The van der Waals surface area contributed by atoms with E-state index in [9.17, 15) is 0 Å². The Hall–Kier alpha value is -1.88. The number of nitrogens with one attached hydrogen (secondary N) is 2. The number of likely N-dealkylation sites (N-methyl/N-ethyl adjacent to an activating group) is 1. The molecule has 0 saturated heterocycles. The van der Waals surface area contributed by atoms with E-state index in [0.717, 1.165) is 36.1 Å². The summed E-state index contributed by atoms with van der Waals surface area (Å²) in [4.78, 5) is 0. The summed E-state index contributed by atoms with van der Waals surface area (Å²) >= 11 is 0. The lowest BCUT2D eigenvalue weighted by molar-refractivity contribution is 0.545. The third kappa shape index (κ3) is 3.04. The van der Waals surface area contributed by atoms with Gasteiger partial charge in [0.15, 0.2) is 5.76 Å². The number of hydrogen-bond donors (Lipinski definition) is 2. The molecule has 0 saturated carbocycles. The van der Waals surface area contributed by atoms with Gasteiger partial charge >= 0.3 is 0 Å². The van der Waals surface area contributed by atoms with Crippen molar-refractivity contribution in [3.05, 3.63) is 30.0 Å². The molecule has 90 valence electrons. The van der Waals surface area contributed by atoms with Crippen LogP contribution in [0.15, 0.2) is 28.7 Å². The second-order valence-electron chi connectivity index (χ2n) is 3.74. The van der Waals surface area contributed by atoms with Gasteiger partial charge in [-0.2, -0.15) is 0 Å². The summed E-state index contributed by atoms with van der Waals surface area (Å²) < 4.78 is 5.48. The van der Waals surface area contributed by atoms with Gasteiger partial charge in [-0.15, -0.1) is 10.2 Å². The number of anilines is 1. The third-order valence-electron chi connectivity index (χ3n) is 2.34. The van der Waals surface area contributed by atoms with Crippen LogP contribution in [0.1, 0.15) is 5.76 Å². The lowest BCUT2D eigenvalue weighted by Crippen LogP contribution is -2.18. The maximum atomic E-state index is 5.48. The number of nitrogens with zero attached hydrogens (tertiary/aromatic N) is 2. The van der Waals surface area contributed by atoms with Gasteiger partial charge in [0, 0.05) is 13.1 Å². The number of furan rings is 1. The zero-order valence-corrected chi connectivity index (χ0v) is 10.0. The Bertz CT molecular complexity index is 464. The van der Waals surface area contributed by atoms with Crippen molar-refractivity contribution in [1.29, 1.82) is 0 Å². The molecule has 2 heterocycles. The van der Waals surface area contributed by atoms with Crippen molar-refractivity contribution < 1.29 is 4.42 Å². The third-order valence-corrected chi connectivity index (χ3v) is 2.34. The fraction of sp³-hybridized carbons (Fsp3) is 0.333. The number of aryl methyl sites for hydroxylation is 1. The molecule has 5 nitrogen and oxygen atoms in total. The molecule has 2 rings (SSSR count). The first-order valence-electron chi connectivity index (χ1n) is 5.58. The molecule has 0 aromatic carbocycles. The highest BCUT2D eigenvalue weighted by Crippen LogP contribution is 2.19. The number of hydrogen-bond acceptors (Lipinski definition) is 5. The van der Waals surface area contributed by atoms with Gasteiger partial charge in [-0.1, -0.05) is 0 Å². The van der Waals surface area contributed by atoms with Crippen LogP contribution in [0.25, 0.3) is 11.5 Å². The van der Waals surface area contributed by atoms with Gasteiger partial charge in [0.1, 0.15) is 17.3 Å². The van der Waals surface area contributed by atoms with E-state index in [0.29, 0.717) is 0 Å².